The second kappa shape index (κ2) is 11.5. The molecule has 1 unspecified atom stereocenters. The summed E-state index contributed by atoms with van der Waals surface area (Å²) in [7, 11) is -7.45. The van der Waals surface area contributed by atoms with E-state index in [0.717, 1.165) is 22.6 Å². The second-order valence-corrected chi connectivity index (χ2v) is 13.0. The number of sulfonamides is 2. The van der Waals surface area contributed by atoms with Gasteiger partial charge in [-0.3, -0.25) is 10.6 Å². The van der Waals surface area contributed by atoms with Crippen LogP contribution in [0.2, 0.25) is 0 Å². The molecule has 204 valence electrons. The Hall–Kier alpha value is -2.91. The van der Waals surface area contributed by atoms with Crippen LogP contribution in [0.15, 0.2) is 71.6 Å². The minimum atomic E-state index is -4.06. The molecular weight excluding hydrogens is 528 g/mol. The van der Waals surface area contributed by atoms with Gasteiger partial charge < -0.3 is 10.6 Å². The maximum atomic E-state index is 13.6. The first-order valence-corrected chi connectivity index (χ1v) is 15.4. The first-order chi connectivity index (χ1) is 18.0. The molecule has 0 spiro atoms. The molecule has 1 aliphatic heterocycles. The number of fused-ring (bicyclic) bond motifs is 1. The molecule has 38 heavy (non-hydrogen) atoms. The lowest BCUT2D eigenvalue weighted by Gasteiger charge is -2.35. The molecule has 3 aromatic rings. The standard InChI is InChI=1S/C25H32N6O5S2/c1-37(33,34)31-14-12-30(13-15-31)25(32)23(16-18-6-8-20(9-7-18)24(26)28-27)29-38(35,36)22-11-10-19-4-2-3-5-21(19)17-22/h2-11,17,23-24,28-29H,12-16,26-27H2,1H3/t23-,24?/m0/s1. The third-order valence-corrected chi connectivity index (χ3v) is 9.38. The zero-order valence-electron chi connectivity index (χ0n) is 20.9. The lowest BCUT2D eigenvalue weighted by molar-refractivity contribution is -0.134. The van der Waals surface area contributed by atoms with Gasteiger partial charge >= 0.3 is 0 Å². The Kier molecular flexibility index (Phi) is 8.47. The molecule has 13 heteroatoms. The van der Waals surface area contributed by atoms with Gasteiger partial charge in [0.15, 0.2) is 0 Å². The van der Waals surface area contributed by atoms with Crippen LogP contribution in [0, 0.1) is 0 Å². The summed E-state index contributed by atoms with van der Waals surface area (Å²) in [5, 5.41) is 1.66. The van der Waals surface area contributed by atoms with Crippen molar-refractivity contribution in [3.05, 3.63) is 77.9 Å². The molecule has 1 heterocycles. The maximum Gasteiger partial charge on any atom is 0.241 e. The lowest BCUT2D eigenvalue weighted by atomic mass is 10.0. The van der Waals surface area contributed by atoms with Gasteiger partial charge in [0, 0.05) is 26.2 Å². The number of hydrazine groups is 1. The van der Waals surface area contributed by atoms with E-state index >= 15 is 0 Å². The summed E-state index contributed by atoms with van der Waals surface area (Å²) < 4.78 is 54.5. The maximum absolute atomic E-state index is 13.6. The van der Waals surface area contributed by atoms with Crippen molar-refractivity contribution in [3.63, 3.8) is 0 Å². The number of hydrogen-bond donors (Lipinski definition) is 4. The van der Waals surface area contributed by atoms with Gasteiger partial charge in [-0.25, -0.2) is 22.3 Å². The molecule has 6 N–H and O–H groups in total. The van der Waals surface area contributed by atoms with Crippen LogP contribution in [0.4, 0.5) is 0 Å². The Labute approximate surface area is 222 Å². The molecule has 4 rings (SSSR count). The highest BCUT2D eigenvalue weighted by atomic mass is 32.2. The van der Waals surface area contributed by atoms with Crippen LogP contribution in [0.5, 0.6) is 0 Å². The number of carbonyl (C=O) groups is 1. The lowest BCUT2D eigenvalue weighted by Crippen LogP contribution is -2.56. The number of piperazine rings is 1. The Morgan fingerprint density at radius 2 is 1.55 bits per heavy atom. The Bertz CT molecular complexity index is 1500. The average molecular weight is 561 g/mol. The molecule has 0 saturated carbocycles. The minimum absolute atomic E-state index is 0.0474. The van der Waals surface area contributed by atoms with Gasteiger partial charge in [-0.05, 0) is 40.5 Å². The molecule has 1 saturated heterocycles. The monoisotopic (exact) mass is 560 g/mol. The van der Waals surface area contributed by atoms with Crippen LogP contribution in [-0.2, 0) is 31.3 Å². The third-order valence-electron chi connectivity index (χ3n) is 6.60. The van der Waals surface area contributed by atoms with Crippen molar-refractivity contribution in [1.29, 1.82) is 0 Å². The minimum Gasteiger partial charge on any atom is -0.339 e. The largest absolute Gasteiger partial charge is 0.339 e. The molecule has 0 aliphatic carbocycles. The summed E-state index contributed by atoms with van der Waals surface area (Å²) in [5.41, 5.74) is 9.79. The molecule has 1 fully saturated rings. The predicted octanol–water partition coefficient (Wildman–Crippen LogP) is 0.254. The van der Waals surface area contributed by atoms with Crippen molar-refractivity contribution in [2.24, 2.45) is 11.6 Å². The molecule has 11 nitrogen and oxygen atoms in total. The van der Waals surface area contributed by atoms with Crippen molar-refractivity contribution in [1.82, 2.24) is 19.4 Å². The van der Waals surface area contributed by atoms with Crippen LogP contribution in [0.3, 0.4) is 0 Å². The predicted molar refractivity (Wildman–Crippen MR) is 145 cm³/mol. The van der Waals surface area contributed by atoms with E-state index in [1.807, 2.05) is 24.3 Å². The van der Waals surface area contributed by atoms with E-state index in [4.69, 9.17) is 11.6 Å². The van der Waals surface area contributed by atoms with Gasteiger partial charge in [-0.15, -0.1) is 0 Å². The van der Waals surface area contributed by atoms with E-state index in [-0.39, 0.29) is 37.5 Å². The molecule has 2 atom stereocenters. The number of benzene rings is 3. The summed E-state index contributed by atoms with van der Waals surface area (Å²) in [6.07, 6.45) is 0.642. The van der Waals surface area contributed by atoms with E-state index in [0.29, 0.717) is 5.56 Å². The number of hydrogen-bond acceptors (Lipinski definition) is 8. The number of nitrogens with zero attached hydrogens (tertiary/aromatic N) is 2. The molecule has 3 aromatic carbocycles. The SMILES string of the molecule is CS(=O)(=O)N1CCN(C(=O)[C@H](Cc2ccc(C(N)NN)cc2)NS(=O)(=O)c2ccc3ccccc3c2)CC1. The van der Waals surface area contributed by atoms with Crippen LogP contribution in [0.25, 0.3) is 10.8 Å². The Morgan fingerprint density at radius 3 is 2.16 bits per heavy atom. The summed E-state index contributed by atoms with van der Waals surface area (Å²) in [5.74, 6) is 4.97. The fourth-order valence-electron chi connectivity index (χ4n) is 4.42. The number of rotatable bonds is 9. The Balaban J connectivity index is 1.59. The molecule has 0 aromatic heterocycles. The van der Waals surface area contributed by atoms with E-state index in [1.165, 1.54) is 15.3 Å². The third kappa shape index (κ3) is 6.56. The fourth-order valence-corrected chi connectivity index (χ4v) is 6.47. The van der Waals surface area contributed by atoms with Gasteiger partial charge in [0.25, 0.3) is 0 Å². The normalized spacial score (nSPS) is 16.9. The van der Waals surface area contributed by atoms with Crippen molar-refractivity contribution >= 4 is 36.7 Å². The Morgan fingerprint density at radius 1 is 0.921 bits per heavy atom. The first-order valence-electron chi connectivity index (χ1n) is 12.0. The fraction of sp³-hybridized carbons (Fsp3) is 0.320. The van der Waals surface area contributed by atoms with Gasteiger partial charge in [0.1, 0.15) is 6.04 Å². The van der Waals surface area contributed by atoms with Crippen molar-refractivity contribution < 1.29 is 21.6 Å². The highest BCUT2D eigenvalue weighted by Gasteiger charge is 2.33. The van der Waals surface area contributed by atoms with Crippen molar-refractivity contribution in [2.75, 3.05) is 32.4 Å². The van der Waals surface area contributed by atoms with E-state index in [9.17, 15) is 21.6 Å². The summed E-state index contributed by atoms with van der Waals surface area (Å²) in [4.78, 5) is 15.1. The van der Waals surface area contributed by atoms with Crippen LogP contribution < -0.4 is 21.7 Å². The second-order valence-electron chi connectivity index (χ2n) is 9.26. The van der Waals surface area contributed by atoms with Gasteiger partial charge in [0.05, 0.1) is 17.3 Å². The van der Waals surface area contributed by atoms with Crippen LogP contribution >= 0.6 is 0 Å². The van der Waals surface area contributed by atoms with Gasteiger partial charge in [-0.1, -0.05) is 54.6 Å². The summed E-state index contributed by atoms with van der Waals surface area (Å²) in [6.45, 7) is 0.618. The number of amides is 1. The highest BCUT2D eigenvalue weighted by Crippen LogP contribution is 2.20. The number of nitrogens with one attached hydrogen (secondary N) is 2. The van der Waals surface area contributed by atoms with E-state index in [1.54, 1.807) is 36.4 Å². The smallest absolute Gasteiger partial charge is 0.241 e. The molecular formula is C25H32N6O5S2. The summed E-state index contributed by atoms with van der Waals surface area (Å²) in [6, 6.07) is 18.1. The van der Waals surface area contributed by atoms with Crippen molar-refractivity contribution in [3.8, 4) is 0 Å². The molecule has 1 aliphatic rings. The number of nitrogens with two attached hydrogens (primary N) is 2. The summed E-state index contributed by atoms with van der Waals surface area (Å²) >= 11 is 0. The average Bonchev–Trinajstić information content (AvgIpc) is 2.91. The molecule has 1 amide bonds. The molecule has 0 radical (unpaired) electrons. The zero-order chi connectivity index (χ0) is 27.5. The van der Waals surface area contributed by atoms with E-state index < -0.39 is 38.2 Å². The van der Waals surface area contributed by atoms with Crippen LogP contribution in [0.1, 0.15) is 17.3 Å². The van der Waals surface area contributed by atoms with Gasteiger partial charge in [0.2, 0.25) is 26.0 Å². The quantitative estimate of drug-likeness (QED) is 0.164. The van der Waals surface area contributed by atoms with Gasteiger partial charge in [-0.2, -0.15) is 9.03 Å². The van der Waals surface area contributed by atoms with Crippen LogP contribution in [-0.4, -0.2) is 70.4 Å². The topological polar surface area (TPSA) is 168 Å². The van der Waals surface area contributed by atoms with E-state index in [2.05, 4.69) is 10.1 Å². The number of carbonyl (C=O) groups excluding carboxylic acids is 1. The van der Waals surface area contributed by atoms with Crippen molar-refractivity contribution in [2.45, 2.75) is 23.5 Å². The highest BCUT2D eigenvalue weighted by molar-refractivity contribution is 7.89. The zero-order valence-corrected chi connectivity index (χ0v) is 22.6. The molecule has 0 bridgehead atoms. The first kappa shape index (κ1) is 28.1.